The van der Waals surface area contributed by atoms with Gasteiger partial charge in [-0.2, -0.15) is 9.59 Å². The van der Waals surface area contributed by atoms with Gasteiger partial charge in [0, 0.05) is 38.8 Å². The summed E-state index contributed by atoms with van der Waals surface area (Å²) in [6, 6.07) is 99.7. The van der Waals surface area contributed by atoms with Gasteiger partial charge in [-0.25, -0.2) is 0 Å². The first-order valence-corrected chi connectivity index (χ1v) is 40.8. The molecule has 4 heterocycles. The summed E-state index contributed by atoms with van der Waals surface area (Å²) in [5.74, 6) is 1.12. The Bertz CT molecular complexity index is 3580. The van der Waals surface area contributed by atoms with E-state index in [9.17, 15) is 34.5 Å². The van der Waals surface area contributed by atoms with Gasteiger partial charge < -0.3 is 44.0 Å². The average molecular weight is 1650 g/mol. The minimum atomic E-state index is -6.00. The van der Waals surface area contributed by atoms with Gasteiger partial charge in [-0.05, 0) is 203 Å². The molecular formula is C80H94B2Cu2F8N10O2P4. The zero-order valence-corrected chi connectivity index (χ0v) is 67.7. The largest absolute Gasteiger partial charge is 1.00 e. The maximum atomic E-state index is 9.75. The Labute approximate surface area is 658 Å². The molecule has 0 aliphatic rings. The van der Waals surface area contributed by atoms with Gasteiger partial charge >= 0.3 is 48.6 Å². The van der Waals surface area contributed by atoms with Crippen LogP contribution in [0.4, 0.5) is 34.5 Å². The number of benzene rings is 8. The minimum absolute atomic E-state index is 0. The number of hydrogen-bond donors (Lipinski definition) is 0. The Morgan fingerprint density at radius 3 is 0.602 bits per heavy atom. The van der Waals surface area contributed by atoms with Crippen LogP contribution in [0.25, 0.3) is 23.0 Å². The van der Waals surface area contributed by atoms with Crippen LogP contribution in [0.2, 0.25) is 0 Å². The molecule has 0 saturated heterocycles. The van der Waals surface area contributed by atoms with Gasteiger partial charge in [0.2, 0.25) is 11.6 Å². The molecule has 8 aromatic carbocycles. The van der Waals surface area contributed by atoms with E-state index in [1.807, 2.05) is 106 Å². The molecule has 12 rings (SSSR count). The third-order valence-electron chi connectivity index (χ3n) is 14.3. The van der Waals surface area contributed by atoms with E-state index in [0.29, 0.717) is 11.6 Å². The fraction of sp³-hybridized carbons (Fsp3) is 0.250. The zero-order valence-electron chi connectivity index (χ0n) is 62.2. The number of tetrazole rings is 2. The molecule has 0 aliphatic heterocycles. The summed E-state index contributed by atoms with van der Waals surface area (Å²) in [7, 11) is -13.4. The van der Waals surface area contributed by atoms with Gasteiger partial charge in [0.25, 0.3) is 0 Å². The van der Waals surface area contributed by atoms with Crippen molar-refractivity contribution < 1.29 is 78.1 Å². The SMILES string of the molecule is CC(C)(C)n1nnc(-c2ccccn2)n1.CC(C)(C)n1nnc(-c2ccccn2)n1.CCOCC.CCOCC.F[B-](F)(F)F.F[B-](F)(F)F.[Cu+].[Cu+].c1ccc(P(CCP(c2ccccc2)c2ccccc2)c2ccccc2)cc1.c1ccc(P(CCP(c2ccccc2)c2ccccc2)c2ccccc2)cc1. The van der Waals surface area contributed by atoms with Crippen LogP contribution in [0.3, 0.4) is 0 Å². The van der Waals surface area contributed by atoms with Crippen molar-refractivity contribution in [1.82, 2.24) is 50.4 Å². The molecule has 0 bridgehead atoms. The summed E-state index contributed by atoms with van der Waals surface area (Å²) < 4.78 is 87.7. The molecule has 0 amide bonds. The molecule has 0 saturated carbocycles. The van der Waals surface area contributed by atoms with Crippen LogP contribution in [-0.4, -0.2) is 116 Å². The molecule has 108 heavy (non-hydrogen) atoms. The number of rotatable bonds is 20. The van der Waals surface area contributed by atoms with E-state index in [1.54, 1.807) is 22.0 Å². The third kappa shape index (κ3) is 38.2. The second kappa shape index (κ2) is 51.8. The second-order valence-electron chi connectivity index (χ2n) is 24.4. The van der Waals surface area contributed by atoms with Crippen LogP contribution in [-0.2, 0) is 54.7 Å². The van der Waals surface area contributed by atoms with Gasteiger partial charge in [0.1, 0.15) is 11.4 Å². The summed E-state index contributed by atoms with van der Waals surface area (Å²) in [5.41, 5.74) is 1.18. The van der Waals surface area contributed by atoms with Crippen LogP contribution in [0.15, 0.2) is 291 Å². The maximum absolute atomic E-state index is 9.75. The van der Waals surface area contributed by atoms with Crippen molar-refractivity contribution in [3.8, 4) is 23.0 Å². The topological polar surface area (TPSA) is 131 Å². The molecule has 0 fully saturated rings. The van der Waals surface area contributed by atoms with E-state index in [0.717, 1.165) is 37.8 Å². The monoisotopic (exact) mass is 1650 g/mol. The predicted molar refractivity (Wildman–Crippen MR) is 433 cm³/mol. The first-order valence-electron chi connectivity index (χ1n) is 34.7. The molecule has 0 N–H and O–H groups in total. The fourth-order valence-corrected chi connectivity index (χ4v) is 20.2. The second-order valence-corrected chi connectivity index (χ2v) is 33.8. The van der Waals surface area contributed by atoms with Crippen LogP contribution < -0.4 is 42.4 Å². The van der Waals surface area contributed by atoms with Crippen molar-refractivity contribution in [3.05, 3.63) is 291 Å². The number of aromatic nitrogens is 10. The quantitative estimate of drug-likeness (QED) is 0.0413. The fourth-order valence-electron chi connectivity index (χ4n) is 9.49. The van der Waals surface area contributed by atoms with Gasteiger partial charge in [0.05, 0.1) is 11.1 Å². The Morgan fingerprint density at radius 2 is 0.472 bits per heavy atom. The first kappa shape index (κ1) is 94.7. The Hall–Kier alpha value is -7.55. The average Bonchev–Trinajstić information content (AvgIpc) is 1.78. The smallest absolute Gasteiger partial charge is 0.418 e. The van der Waals surface area contributed by atoms with Crippen molar-refractivity contribution in [2.75, 3.05) is 51.1 Å². The van der Waals surface area contributed by atoms with Crippen LogP contribution in [0.1, 0.15) is 69.2 Å². The van der Waals surface area contributed by atoms with Crippen molar-refractivity contribution in [2.24, 2.45) is 0 Å². The van der Waals surface area contributed by atoms with E-state index in [2.05, 4.69) is 283 Å². The molecule has 4 aromatic heterocycles. The molecule has 12 nitrogen and oxygen atoms in total. The molecule has 12 aromatic rings. The van der Waals surface area contributed by atoms with Crippen LogP contribution >= 0.6 is 31.7 Å². The molecule has 0 unspecified atom stereocenters. The molecule has 0 radical (unpaired) electrons. The summed E-state index contributed by atoms with van der Waals surface area (Å²) in [6.45, 7) is 23.5. The van der Waals surface area contributed by atoms with E-state index in [4.69, 9.17) is 9.47 Å². The summed E-state index contributed by atoms with van der Waals surface area (Å²) in [4.78, 5) is 11.5. The van der Waals surface area contributed by atoms with E-state index in [1.165, 1.54) is 67.1 Å². The van der Waals surface area contributed by atoms with E-state index < -0.39 is 14.5 Å². The zero-order chi connectivity index (χ0) is 77.1. The van der Waals surface area contributed by atoms with Gasteiger partial charge in [-0.1, -0.05) is 255 Å². The first-order chi connectivity index (χ1) is 50.8. The molecule has 0 atom stereocenters. The van der Waals surface area contributed by atoms with Crippen LogP contribution in [0.5, 0.6) is 0 Å². The Balaban J connectivity index is 0.000000350. The van der Waals surface area contributed by atoms with Crippen LogP contribution in [0, 0.1) is 0 Å². The Morgan fingerprint density at radius 1 is 0.296 bits per heavy atom. The van der Waals surface area contributed by atoms with E-state index in [-0.39, 0.29) is 76.9 Å². The maximum Gasteiger partial charge on any atom is 1.00 e. The number of ether oxygens (including phenoxy) is 2. The van der Waals surface area contributed by atoms with Crippen molar-refractivity contribution in [2.45, 2.75) is 80.3 Å². The molecule has 0 aliphatic carbocycles. The van der Waals surface area contributed by atoms with Crippen molar-refractivity contribution in [3.63, 3.8) is 0 Å². The number of halogens is 8. The predicted octanol–water partition coefficient (Wildman–Crippen LogP) is 18.2. The van der Waals surface area contributed by atoms with E-state index >= 15 is 0 Å². The van der Waals surface area contributed by atoms with Crippen molar-refractivity contribution in [1.29, 1.82) is 0 Å². The normalized spacial score (nSPS) is 10.9. The number of nitrogens with zero attached hydrogens (tertiary/aromatic N) is 10. The molecular weight excluding hydrogens is 1560 g/mol. The number of hydrogen-bond acceptors (Lipinski definition) is 10. The minimum Gasteiger partial charge on any atom is -0.418 e. The molecule has 580 valence electrons. The molecule has 0 spiro atoms. The molecule has 28 heteroatoms. The standard InChI is InChI=1S/2C26H24P2.2C10H13N5.2C4H10O.2BF4.2Cu/c2*1-5-13-23(14-6-1)27(24-15-7-2-8-16-24)21-22-28(25-17-9-3-10-18-25)26-19-11-4-12-20-26;2*1-10(2,3)15-13-9(12-14-15)8-6-4-5-7-11-8;2*1-3-5-4-2;2*2-1(3,4)5;;/h2*1-20H,21-22H2;2*4-7H,1-3H3;2*3-4H2,1-2H3;;;;/q;;;;;;2*-1;2*+1. The third-order valence-corrected chi connectivity index (χ3v) is 25.0. The summed E-state index contributed by atoms with van der Waals surface area (Å²) >= 11 is 0. The van der Waals surface area contributed by atoms with Crippen molar-refractivity contribution >= 4 is 88.6 Å². The summed E-state index contributed by atoms with van der Waals surface area (Å²) in [6.07, 6.45) is 8.26. The Kier molecular flexibility index (Phi) is 45.4. The van der Waals surface area contributed by atoms with Gasteiger partial charge in [-0.15, -0.1) is 20.4 Å². The van der Waals surface area contributed by atoms with Gasteiger partial charge in [-0.3, -0.25) is 9.97 Å². The van der Waals surface area contributed by atoms with Gasteiger partial charge in [0.15, 0.2) is 0 Å². The number of pyridine rings is 2. The summed E-state index contributed by atoms with van der Waals surface area (Å²) in [5, 5.41) is 36.3.